The standard InChI is InChI=1S/C23H24NSSi.C11H8N.Ir/c1-15(2)16-12-13-19(24-14-16)17-8-6-9-18-22-20(25-23(17)18)10-7-11-21(22)26(3,4)5;1-2-6-10(7-3-1)11-8-4-5-9-12-11;/h6-7,9-15H,1-5H3;1-6,8-9H;/q2*-1;. The van der Waals surface area contributed by atoms with E-state index in [1.807, 2.05) is 60.0 Å². The molecule has 6 rings (SSSR count). The van der Waals surface area contributed by atoms with Gasteiger partial charge in [-0.05, 0) is 45.1 Å². The normalized spacial score (nSPS) is 11.2. The van der Waals surface area contributed by atoms with Crippen LogP contribution in [-0.4, -0.2) is 18.0 Å². The van der Waals surface area contributed by atoms with Crippen molar-refractivity contribution in [2.75, 3.05) is 0 Å². The molecule has 0 bridgehead atoms. The largest absolute Gasteiger partial charge is 0.305 e. The fourth-order valence-corrected chi connectivity index (χ4v) is 7.52. The van der Waals surface area contributed by atoms with Crippen LogP contribution in [0, 0.1) is 12.1 Å². The summed E-state index contributed by atoms with van der Waals surface area (Å²) in [6, 6.07) is 35.7. The van der Waals surface area contributed by atoms with Crippen molar-refractivity contribution in [3.05, 3.63) is 115 Å². The van der Waals surface area contributed by atoms with E-state index in [-0.39, 0.29) is 20.1 Å². The zero-order valence-corrected chi connectivity index (χ0v) is 27.2. The molecular weight excluding hydrogens is 689 g/mol. The Kier molecular flexibility index (Phi) is 9.29. The number of thiophene rings is 1. The number of aromatic nitrogens is 2. The summed E-state index contributed by atoms with van der Waals surface area (Å²) in [5, 5.41) is 4.34. The zero-order chi connectivity index (χ0) is 26.7. The molecule has 2 nitrogen and oxygen atoms in total. The molecule has 0 saturated heterocycles. The van der Waals surface area contributed by atoms with E-state index in [4.69, 9.17) is 4.98 Å². The average Bonchev–Trinajstić information content (AvgIpc) is 3.33. The number of rotatable bonds is 4. The Balaban J connectivity index is 0.000000228. The van der Waals surface area contributed by atoms with E-state index >= 15 is 0 Å². The van der Waals surface area contributed by atoms with Crippen molar-refractivity contribution in [3.8, 4) is 22.5 Å². The molecule has 0 spiro atoms. The summed E-state index contributed by atoms with van der Waals surface area (Å²) < 4.78 is 2.68. The monoisotopic (exact) mass is 721 g/mol. The number of nitrogens with zero attached hydrogens (tertiary/aromatic N) is 2. The molecule has 0 amide bonds. The maximum atomic E-state index is 4.75. The third-order valence-corrected chi connectivity index (χ3v) is 9.85. The third kappa shape index (κ3) is 6.45. The molecule has 0 N–H and O–H groups in total. The molecule has 0 fully saturated rings. The smallest absolute Gasteiger partial charge is 0.0783 e. The summed E-state index contributed by atoms with van der Waals surface area (Å²) in [4.78, 5) is 8.96. The third-order valence-electron chi connectivity index (χ3n) is 6.62. The molecule has 0 saturated carbocycles. The summed E-state index contributed by atoms with van der Waals surface area (Å²) in [5.74, 6) is 0.500. The molecule has 3 aromatic carbocycles. The van der Waals surface area contributed by atoms with E-state index in [1.165, 1.54) is 25.7 Å². The molecule has 5 heteroatoms. The van der Waals surface area contributed by atoms with Gasteiger partial charge in [0.2, 0.25) is 0 Å². The number of pyridine rings is 2. The fraction of sp³-hybridized carbons (Fsp3) is 0.176. The second-order valence-electron chi connectivity index (χ2n) is 10.7. The molecule has 199 valence electrons. The average molecular weight is 721 g/mol. The number of hydrogen-bond acceptors (Lipinski definition) is 3. The molecular formula is C34H32IrN2SSi-2. The Bertz CT molecular complexity index is 1620. The Morgan fingerprint density at radius 1 is 0.769 bits per heavy atom. The van der Waals surface area contributed by atoms with Gasteiger partial charge in [-0.1, -0.05) is 80.5 Å². The molecule has 0 aliphatic rings. The number of benzene rings is 3. The van der Waals surface area contributed by atoms with Gasteiger partial charge in [0.1, 0.15) is 0 Å². The maximum absolute atomic E-state index is 4.75. The summed E-state index contributed by atoms with van der Waals surface area (Å²) in [7, 11) is -1.41. The van der Waals surface area contributed by atoms with Crippen LogP contribution in [0.3, 0.4) is 0 Å². The van der Waals surface area contributed by atoms with Gasteiger partial charge in [0.05, 0.1) is 8.07 Å². The Morgan fingerprint density at radius 2 is 1.59 bits per heavy atom. The van der Waals surface area contributed by atoms with Gasteiger partial charge in [-0.2, -0.15) is 11.3 Å². The van der Waals surface area contributed by atoms with Crippen molar-refractivity contribution >= 4 is 44.8 Å². The van der Waals surface area contributed by atoms with Crippen molar-refractivity contribution in [2.45, 2.75) is 39.4 Å². The maximum Gasteiger partial charge on any atom is 0.0783 e. The van der Waals surface area contributed by atoms with E-state index in [0.717, 1.165) is 22.5 Å². The van der Waals surface area contributed by atoms with Gasteiger partial charge in [-0.15, -0.1) is 59.7 Å². The Labute approximate surface area is 250 Å². The van der Waals surface area contributed by atoms with Crippen molar-refractivity contribution in [2.24, 2.45) is 0 Å². The number of hydrogen-bond donors (Lipinski definition) is 0. The summed E-state index contributed by atoms with van der Waals surface area (Å²) in [6.45, 7) is 11.7. The van der Waals surface area contributed by atoms with E-state index in [9.17, 15) is 0 Å². The summed E-state index contributed by atoms with van der Waals surface area (Å²) >= 11 is 1.87. The Morgan fingerprint density at radius 3 is 2.23 bits per heavy atom. The van der Waals surface area contributed by atoms with Crippen LogP contribution in [0.25, 0.3) is 42.7 Å². The first kappa shape index (κ1) is 29.0. The molecule has 0 aliphatic carbocycles. The van der Waals surface area contributed by atoms with Crippen LogP contribution in [0.4, 0.5) is 0 Å². The molecule has 39 heavy (non-hydrogen) atoms. The molecule has 1 radical (unpaired) electrons. The molecule has 3 aromatic heterocycles. The second kappa shape index (κ2) is 12.5. The van der Waals surface area contributed by atoms with Crippen LogP contribution < -0.4 is 5.19 Å². The van der Waals surface area contributed by atoms with Gasteiger partial charge in [-0.25, -0.2) is 0 Å². The molecule has 3 heterocycles. The van der Waals surface area contributed by atoms with Gasteiger partial charge in [0.25, 0.3) is 0 Å². The van der Waals surface area contributed by atoms with E-state index in [0.29, 0.717) is 5.92 Å². The van der Waals surface area contributed by atoms with Crippen LogP contribution in [0.1, 0.15) is 25.3 Å². The quantitative estimate of drug-likeness (QED) is 0.134. The molecule has 6 aromatic rings. The van der Waals surface area contributed by atoms with Gasteiger partial charge in [-0.3, -0.25) is 0 Å². The SMILES string of the molecule is CC(C)c1ccc(-c2[c-]ccc3c2sc2cccc([Si](C)(C)C)c23)nc1.[Ir].[c-]1ccccc1-c1ccccn1. The topological polar surface area (TPSA) is 25.8 Å². The van der Waals surface area contributed by atoms with E-state index in [2.05, 4.69) is 93.1 Å². The fourth-order valence-electron chi connectivity index (χ4n) is 4.58. The predicted octanol–water partition coefficient (Wildman–Crippen LogP) is 9.13. The molecule has 0 unspecified atom stereocenters. The van der Waals surface area contributed by atoms with Gasteiger partial charge in [0.15, 0.2) is 0 Å². The van der Waals surface area contributed by atoms with Crippen LogP contribution in [0.15, 0.2) is 97.3 Å². The first-order chi connectivity index (χ1) is 18.3. The first-order valence-electron chi connectivity index (χ1n) is 13.0. The van der Waals surface area contributed by atoms with E-state index in [1.54, 1.807) is 11.4 Å². The Hall–Kier alpha value is -2.95. The van der Waals surface area contributed by atoms with E-state index < -0.39 is 8.07 Å². The minimum atomic E-state index is -1.41. The predicted molar refractivity (Wildman–Crippen MR) is 167 cm³/mol. The van der Waals surface area contributed by atoms with Crippen LogP contribution in [-0.2, 0) is 20.1 Å². The van der Waals surface area contributed by atoms with Crippen LogP contribution in [0.2, 0.25) is 19.6 Å². The number of fused-ring (bicyclic) bond motifs is 3. The van der Waals surface area contributed by atoms with Crippen molar-refractivity contribution < 1.29 is 20.1 Å². The van der Waals surface area contributed by atoms with Crippen molar-refractivity contribution in [1.82, 2.24) is 9.97 Å². The van der Waals surface area contributed by atoms with Crippen LogP contribution >= 0.6 is 11.3 Å². The minimum Gasteiger partial charge on any atom is -0.305 e. The van der Waals surface area contributed by atoms with Gasteiger partial charge >= 0.3 is 0 Å². The van der Waals surface area contributed by atoms with Gasteiger partial charge < -0.3 is 9.97 Å². The summed E-state index contributed by atoms with van der Waals surface area (Å²) in [5.41, 5.74) is 5.43. The second-order valence-corrected chi connectivity index (χ2v) is 16.8. The van der Waals surface area contributed by atoms with Crippen molar-refractivity contribution in [1.29, 1.82) is 0 Å². The molecule has 0 aliphatic heterocycles. The van der Waals surface area contributed by atoms with Crippen LogP contribution in [0.5, 0.6) is 0 Å². The minimum absolute atomic E-state index is 0. The zero-order valence-electron chi connectivity index (χ0n) is 23.0. The molecule has 0 atom stereocenters. The summed E-state index contributed by atoms with van der Waals surface area (Å²) in [6.07, 6.45) is 3.80. The first-order valence-corrected chi connectivity index (χ1v) is 17.4. The van der Waals surface area contributed by atoms with Crippen molar-refractivity contribution in [3.63, 3.8) is 0 Å². The van der Waals surface area contributed by atoms with Gasteiger partial charge in [0, 0.05) is 37.2 Å².